The molecule has 0 saturated heterocycles. The molecular formula is C8H8O2Sn. The van der Waals surface area contributed by atoms with Crippen LogP contribution < -0.4 is 0 Å². The Morgan fingerprint density at radius 1 is 1.45 bits per heavy atom. The van der Waals surface area contributed by atoms with Crippen molar-refractivity contribution in [2.75, 3.05) is 0 Å². The molecular weight excluding hydrogens is 247 g/mol. The van der Waals surface area contributed by atoms with Gasteiger partial charge in [-0.2, -0.15) is 0 Å². The van der Waals surface area contributed by atoms with Crippen molar-refractivity contribution in [1.29, 1.82) is 0 Å². The predicted octanol–water partition coefficient (Wildman–Crippen LogP) is 1.31. The molecule has 0 unspecified atom stereocenters. The molecule has 0 heterocycles. The van der Waals surface area contributed by atoms with E-state index in [4.69, 9.17) is 5.11 Å². The third-order valence-corrected chi connectivity index (χ3v) is 1.27. The van der Waals surface area contributed by atoms with E-state index in [2.05, 4.69) is 0 Å². The average Bonchev–Trinajstić information content (AvgIpc) is 1.88. The Bertz CT molecular complexity index is 258. The maximum absolute atomic E-state index is 10.4. The molecule has 0 aliphatic rings. The van der Waals surface area contributed by atoms with Crippen molar-refractivity contribution in [3.63, 3.8) is 0 Å². The van der Waals surface area contributed by atoms with E-state index in [9.17, 15) is 4.79 Å². The molecule has 0 bridgehead atoms. The van der Waals surface area contributed by atoms with Crippen LogP contribution in [-0.2, 0) is 0 Å². The molecule has 1 aromatic carbocycles. The normalized spacial score (nSPS) is 8.45. The molecule has 4 radical (unpaired) electrons. The van der Waals surface area contributed by atoms with Gasteiger partial charge in [0.25, 0.3) is 0 Å². The van der Waals surface area contributed by atoms with Crippen molar-refractivity contribution < 1.29 is 9.90 Å². The quantitative estimate of drug-likeness (QED) is 0.768. The fourth-order valence-corrected chi connectivity index (χ4v) is 0.778. The fraction of sp³-hybridized carbons (Fsp3) is 0.125. The summed E-state index contributed by atoms with van der Waals surface area (Å²) in [5, 5.41) is 8.51. The topological polar surface area (TPSA) is 37.3 Å². The Hall–Kier alpha value is -0.511. The summed E-state index contributed by atoms with van der Waals surface area (Å²) in [6, 6.07) is 6.82. The predicted molar refractivity (Wildman–Crippen MR) is 43.9 cm³/mol. The van der Waals surface area contributed by atoms with Gasteiger partial charge in [0.05, 0.1) is 5.56 Å². The molecule has 1 N–H and O–H groups in total. The fourth-order valence-electron chi connectivity index (χ4n) is 0.778. The maximum atomic E-state index is 10.4. The minimum Gasteiger partial charge on any atom is -0.478 e. The van der Waals surface area contributed by atoms with Crippen LogP contribution >= 0.6 is 0 Å². The number of carboxylic acid groups (broad SMARTS) is 1. The van der Waals surface area contributed by atoms with Crippen LogP contribution in [0.3, 0.4) is 0 Å². The second kappa shape index (κ2) is 4.38. The van der Waals surface area contributed by atoms with E-state index >= 15 is 0 Å². The Morgan fingerprint density at radius 2 is 2.09 bits per heavy atom. The minimum absolute atomic E-state index is 0. The number of benzene rings is 1. The standard InChI is InChI=1S/C8H8O2.Sn/c1-6-3-2-4-7(5-6)8(9)10;/h2-5H,1H3,(H,9,10);. The summed E-state index contributed by atoms with van der Waals surface area (Å²) in [5.41, 5.74) is 1.32. The van der Waals surface area contributed by atoms with Gasteiger partial charge in [0.1, 0.15) is 0 Å². The van der Waals surface area contributed by atoms with Crippen LogP contribution in [0.5, 0.6) is 0 Å². The van der Waals surface area contributed by atoms with Gasteiger partial charge in [-0.05, 0) is 19.1 Å². The van der Waals surface area contributed by atoms with Gasteiger partial charge in [0, 0.05) is 23.9 Å². The molecule has 3 heteroatoms. The van der Waals surface area contributed by atoms with Crippen LogP contribution in [0.4, 0.5) is 0 Å². The first-order valence-corrected chi connectivity index (χ1v) is 3.00. The van der Waals surface area contributed by atoms with Gasteiger partial charge in [-0.3, -0.25) is 0 Å². The molecule has 0 aliphatic carbocycles. The van der Waals surface area contributed by atoms with Crippen molar-refractivity contribution in [2.45, 2.75) is 6.92 Å². The molecule has 0 saturated carbocycles. The monoisotopic (exact) mass is 256 g/mol. The summed E-state index contributed by atoms with van der Waals surface area (Å²) in [7, 11) is 0. The summed E-state index contributed by atoms with van der Waals surface area (Å²) >= 11 is 0. The Morgan fingerprint density at radius 3 is 2.45 bits per heavy atom. The van der Waals surface area contributed by atoms with E-state index in [1.807, 2.05) is 13.0 Å². The first-order valence-electron chi connectivity index (χ1n) is 3.00. The van der Waals surface area contributed by atoms with Crippen molar-refractivity contribution in [3.05, 3.63) is 35.4 Å². The van der Waals surface area contributed by atoms with Crippen molar-refractivity contribution in [3.8, 4) is 0 Å². The van der Waals surface area contributed by atoms with Crippen LogP contribution in [-0.4, -0.2) is 35.0 Å². The van der Waals surface area contributed by atoms with Gasteiger partial charge < -0.3 is 5.11 Å². The molecule has 0 atom stereocenters. The van der Waals surface area contributed by atoms with Crippen molar-refractivity contribution in [2.24, 2.45) is 0 Å². The van der Waals surface area contributed by atoms with Crippen LogP contribution in [0, 0.1) is 6.92 Å². The van der Waals surface area contributed by atoms with Gasteiger partial charge in [-0.25, -0.2) is 4.79 Å². The molecule has 0 spiro atoms. The summed E-state index contributed by atoms with van der Waals surface area (Å²) in [6.45, 7) is 1.87. The molecule has 1 aromatic rings. The number of aromatic carboxylic acids is 1. The molecule has 0 aliphatic heterocycles. The van der Waals surface area contributed by atoms with E-state index in [0.717, 1.165) is 5.56 Å². The zero-order valence-electron chi connectivity index (χ0n) is 6.16. The Balaban J connectivity index is 0.000001000. The van der Waals surface area contributed by atoms with Crippen LogP contribution in [0.25, 0.3) is 0 Å². The average molecular weight is 255 g/mol. The summed E-state index contributed by atoms with van der Waals surface area (Å²) in [4.78, 5) is 10.4. The number of hydrogen-bond acceptors (Lipinski definition) is 1. The second-order valence-electron chi connectivity index (χ2n) is 2.17. The van der Waals surface area contributed by atoms with E-state index in [-0.39, 0.29) is 23.9 Å². The SMILES string of the molecule is Cc1cccc(C(=O)O)c1.[Sn]. The van der Waals surface area contributed by atoms with E-state index in [1.54, 1.807) is 18.2 Å². The molecule has 0 fully saturated rings. The molecule has 1 rings (SSSR count). The molecule has 56 valence electrons. The molecule has 0 amide bonds. The molecule has 11 heavy (non-hydrogen) atoms. The first-order chi connectivity index (χ1) is 4.70. The smallest absolute Gasteiger partial charge is 0.335 e. The number of hydrogen-bond donors (Lipinski definition) is 1. The van der Waals surface area contributed by atoms with E-state index in [1.165, 1.54) is 0 Å². The maximum Gasteiger partial charge on any atom is 0.335 e. The first kappa shape index (κ1) is 10.5. The van der Waals surface area contributed by atoms with Crippen LogP contribution in [0.2, 0.25) is 0 Å². The van der Waals surface area contributed by atoms with Gasteiger partial charge in [-0.15, -0.1) is 0 Å². The molecule has 0 aromatic heterocycles. The van der Waals surface area contributed by atoms with Gasteiger partial charge in [0.2, 0.25) is 0 Å². The Labute approximate surface area is 82.2 Å². The third-order valence-electron chi connectivity index (χ3n) is 1.27. The minimum atomic E-state index is -0.872. The van der Waals surface area contributed by atoms with Gasteiger partial charge >= 0.3 is 5.97 Å². The third kappa shape index (κ3) is 2.92. The molecule has 2 nitrogen and oxygen atoms in total. The van der Waals surface area contributed by atoms with Crippen LogP contribution in [0.1, 0.15) is 15.9 Å². The number of carbonyl (C=O) groups is 1. The van der Waals surface area contributed by atoms with Crippen molar-refractivity contribution in [1.82, 2.24) is 0 Å². The summed E-state index contributed by atoms with van der Waals surface area (Å²) in [6.07, 6.45) is 0. The number of carboxylic acids is 1. The van der Waals surface area contributed by atoms with Gasteiger partial charge in [-0.1, -0.05) is 17.7 Å². The largest absolute Gasteiger partial charge is 0.478 e. The number of aryl methyl sites for hydroxylation is 1. The van der Waals surface area contributed by atoms with Crippen molar-refractivity contribution >= 4 is 29.9 Å². The zero-order valence-corrected chi connectivity index (χ0v) is 9.02. The van der Waals surface area contributed by atoms with E-state index in [0.29, 0.717) is 5.56 Å². The summed E-state index contributed by atoms with van der Waals surface area (Å²) in [5.74, 6) is -0.872. The Kier molecular flexibility index (Phi) is 4.18. The number of rotatable bonds is 1. The zero-order chi connectivity index (χ0) is 7.56. The van der Waals surface area contributed by atoms with E-state index < -0.39 is 5.97 Å². The summed E-state index contributed by atoms with van der Waals surface area (Å²) < 4.78 is 0. The second-order valence-corrected chi connectivity index (χ2v) is 2.17. The van der Waals surface area contributed by atoms with Crippen LogP contribution in [0.15, 0.2) is 24.3 Å². The van der Waals surface area contributed by atoms with Gasteiger partial charge in [0.15, 0.2) is 0 Å².